The highest BCUT2D eigenvalue weighted by Crippen LogP contribution is 2.38. The molecule has 0 aliphatic carbocycles. The molecule has 0 saturated carbocycles. The van der Waals surface area contributed by atoms with Gasteiger partial charge in [-0.1, -0.05) is 30.3 Å². The molecule has 0 aromatic heterocycles. The second-order valence-corrected chi connectivity index (χ2v) is 5.58. The van der Waals surface area contributed by atoms with Gasteiger partial charge in [0.25, 0.3) is 0 Å². The minimum atomic E-state index is -0.678. The van der Waals surface area contributed by atoms with Crippen molar-refractivity contribution in [3.8, 4) is 0 Å². The minimum absolute atomic E-state index is 0.0159. The molecule has 114 valence electrons. The van der Waals surface area contributed by atoms with Crippen molar-refractivity contribution in [3.05, 3.63) is 35.9 Å². The number of rotatable bonds is 2. The van der Waals surface area contributed by atoms with Crippen molar-refractivity contribution in [1.29, 1.82) is 0 Å². The van der Waals surface area contributed by atoms with Crippen LogP contribution in [-0.2, 0) is 19.0 Å². The summed E-state index contributed by atoms with van der Waals surface area (Å²) in [6.45, 7) is 1.35. The third-order valence-electron chi connectivity index (χ3n) is 4.14. The van der Waals surface area contributed by atoms with Crippen molar-refractivity contribution in [2.75, 3.05) is 20.3 Å². The monoisotopic (exact) mass is 291 g/mol. The smallest absolute Gasteiger partial charge is 0.323 e. The molecule has 2 fully saturated rings. The molecule has 2 heterocycles. The third-order valence-corrected chi connectivity index (χ3v) is 4.14. The van der Waals surface area contributed by atoms with E-state index in [9.17, 15) is 4.79 Å². The average molecular weight is 291 g/mol. The van der Waals surface area contributed by atoms with Gasteiger partial charge in [0.15, 0.2) is 5.79 Å². The van der Waals surface area contributed by atoms with Gasteiger partial charge in [-0.2, -0.15) is 0 Å². The zero-order valence-electron chi connectivity index (χ0n) is 12.2. The standard InChI is InChI=1S/C16H21NO4/c1-19-15(18)14-11-16(20-8-5-9-21-16)10-13(17-14)12-6-3-2-4-7-12/h2-4,6-7,13-14,17H,5,8-11H2,1H3/t13-,14+/m1/s1. The molecule has 3 rings (SSSR count). The second-order valence-electron chi connectivity index (χ2n) is 5.58. The van der Waals surface area contributed by atoms with Crippen LogP contribution in [-0.4, -0.2) is 38.1 Å². The SMILES string of the molecule is COC(=O)[C@@H]1CC2(C[C@H](c3ccccc3)N1)OCCCO2. The molecule has 2 saturated heterocycles. The average Bonchev–Trinajstić information content (AvgIpc) is 2.55. The maximum Gasteiger partial charge on any atom is 0.323 e. The van der Waals surface area contributed by atoms with Crippen LogP contribution in [0, 0.1) is 0 Å². The van der Waals surface area contributed by atoms with Crippen LogP contribution in [0.3, 0.4) is 0 Å². The summed E-state index contributed by atoms with van der Waals surface area (Å²) in [6.07, 6.45) is 2.08. The fraction of sp³-hybridized carbons (Fsp3) is 0.562. The molecule has 0 radical (unpaired) electrons. The number of nitrogens with one attached hydrogen (secondary N) is 1. The normalized spacial score (nSPS) is 28.2. The number of hydrogen-bond acceptors (Lipinski definition) is 5. The molecule has 0 amide bonds. The lowest BCUT2D eigenvalue weighted by Gasteiger charge is -2.45. The Morgan fingerprint density at radius 3 is 2.62 bits per heavy atom. The topological polar surface area (TPSA) is 56.8 Å². The van der Waals surface area contributed by atoms with E-state index in [1.54, 1.807) is 0 Å². The maximum absolute atomic E-state index is 12.0. The van der Waals surface area contributed by atoms with Crippen LogP contribution in [0.5, 0.6) is 0 Å². The lowest BCUT2D eigenvalue weighted by Crippen LogP contribution is -2.56. The Labute approximate surface area is 124 Å². The summed E-state index contributed by atoms with van der Waals surface area (Å²) in [6, 6.07) is 9.67. The van der Waals surface area contributed by atoms with Gasteiger partial charge in [0.05, 0.1) is 20.3 Å². The number of ether oxygens (including phenoxy) is 3. The molecule has 1 aromatic rings. The first-order valence-electron chi connectivity index (χ1n) is 7.39. The van der Waals surface area contributed by atoms with Crippen molar-refractivity contribution in [2.24, 2.45) is 0 Å². The van der Waals surface area contributed by atoms with E-state index in [0.717, 1.165) is 12.0 Å². The minimum Gasteiger partial charge on any atom is -0.468 e. The van der Waals surface area contributed by atoms with Gasteiger partial charge in [-0.05, 0) is 12.0 Å². The molecule has 0 unspecified atom stereocenters. The predicted octanol–water partition coefficient (Wildman–Crippen LogP) is 1.79. The number of esters is 1. The van der Waals surface area contributed by atoms with E-state index < -0.39 is 11.8 Å². The van der Waals surface area contributed by atoms with Gasteiger partial charge < -0.3 is 14.2 Å². The lowest BCUT2D eigenvalue weighted by atomic mass is 9.88. The molecule has 2 aliphatic heterocycles. The summed E-state index contributed by atoms with van der Waals surface area (Å²) in [5.74, 6) is -0.948. The number of carbonyl (C=O) groups is 1. The van der Waals surface area contributed by atoms with E-state index in [0.29, 0.717) is 26.1 Å². The van der Waals surface area contributed by atoms with Gasteiger partial charge in [0.1, 0.15) is 6.04 Å². The molecule has 1 aromatic carbocycles. The van der Waals surface area contributed by atoms with Crippen molar-refractivity contribution in [1.82, 2.24) is 5.32 Å². The van der Waals surface area contributed by atoms with Crippen molar-refractivity contribution >= 4 is 5.97 Å². The summed E-state index contributed by atoms with van der Waals surface area (Å²) in [5, 5.41) is 3.36. The maximum atomic E-state index is 12.0. The number of benzene rings is 1. The van der Waals surface area contributed by atoms with Gasteiger partial charge in [-0.3, -0.25) is 10.1 Å². The van der Waals surface area contributed by atoms with Gasteiger partial charge in [0.2, 0.25) is 0 Å². The molecule has 1 N–H and O–H groups in total. The molecule has 5 heteroatoms. The zero-order valence-corrected chi connectivity index (χ0v) is 12.2. The predicted molar refractivity (Wildman–Crippen MR) is 76.6 cm³/mol. The first-order chi connectivity index (χ1) is 10.2. The van der Waals surface area contributed by atoms with Crippen molar-refractivity contribution in [3.63, 3.8) is 0 Å². The first kappa shape index (κ1) is 14.5. The Hall–Kier alpha value is -1.43. The van der Waals surface area contributed by atoms with Crippen LogP contribution in [0.1, 0.15) is 30.9 Å². The molecule has 0 bridgehead atoms. The highest BCUT2D eigenvalue weighted by atomic mass is 16.7. The fourth-order valence-electron chi connectivity index (χ4n) is 3.11. The fourth-order valence-corrected chi connectivity index (χ4v) is 3.11. The zero-order chi connectivity index (χ0) is 14.7. The Balaban J connectivity index is 1.85. The molecule has 5 nitrogen and oxygen atoms in total. The molecule has 2 aliphatic rings. The molecular weight excluding hydrogens is 270 g/mol. The van der Waals surface area contributed by atoms with Gasteiger partial charge >= 0.3 is 5.97 Å². The Kier molecular flexibility index (Phi) is 4.24. The van der Waals surface area contributed by atoms with Crippen molar-refractivity contribution in [2.45, 2.75) is 37.1 Å². The Bertz CT molecular complexity index is 484. The molecule has 21 heavy (non-hydrogen) atoms. The van der Waals surface area contributed by atoms with E-state index >= 15 is 0 Å². The summed E-state index contributed by atoms with van der Waals surface area (Å²) in [5.41, 5.74) is 1.13. The van der Waals surface area contributed by atoms with Gasteiger partial charge in [0, 0.05) is 18.9 Å². The van der Waals surface area contributed by atoms with E-state index in [1.165, 1.54) is 7.11 Å². The second kappa shape index (κ2) is 6.13. The van der Waals surface area contributed by atoms with Crippen LogP contribution >= 0.6 is 0 Å². The summed E-state index contributed by atoms with van der Waals surface area (Å²) >= 11 is 0. The largest absolute Gasteiger partial charge is 0.468 e. The number of carbonyl (C=O) groups excluding carboxylic acids is 1. The van der Waals surface area contributed by atoms with E-state index in [2.05, 4.69) is 5.32 Å². The Morgan fingerprint density at radius 1 is 1.24 bits per heavy atom. The van der Waals surface area contributed by atoms with E-state index in [1.807, 2.05) is 30.3 Å². The van der Waals surface area contributed by atoms with E-state index in [-0.39, 0.29) is 12.0 Å². The van der Waals surface area contributed by atoms with Crippen LogP contribution in [0.25, 0.3) is 0 Å². The number of hydrogen-bond donors (Lipinski definition) is 1. The molecular formula is C16H21NO4. The van der Waals surface area contributed by atoms with Crippen LogP contribution < -0.4 is 5.32 Å². The van der Waals surface area contributed by atoms with Crippen LogP contribution in [0.4, 0.5) is 0 Å². The summed E-state index contributed by atoms with van der Waals surface area (Å²) in [7, 11) is 1.41. The highest BCUT2D eigenvalue weighted by Gasteiger charge is 2.46. The summed E-state index contributed by atoms with van der Waals surface area (Å²) < 4.78 is 16.7. The van der Waals surface area contributed by atoms with Gasteiger partial charge in [-0.25, -0.2) is 0 Å². The molecule has 1 spiro atoms. The van der Waals surface area contributed by atoms with Crippen LogP contribution in [0.15, 0.2) is 30.3 Å². The highest BCUT2D eigenvalue weighted by molar-refractivity contribution is 5.76. The lowest BCUT2D eigenvalue weighted by molar-refractivity contribution is -0.286. The first-order valence-corrected chi connectivity index (χ1v) is 7.39. The van der Waals surface area contributed by atoms with Crippen molar-refractivity contribution < 1.29 is 19.0 Å². The summed E-state index contributed by atoms with van der Waals surface area (Å²) in [4.78, 5) is 12.0. The van der Waals surface area contributed by atoms with Gasteiger partial charge in [-0.15, -0.1) is 0 Å². The quantitative estimate of drug-likeness (QED) is 0.842. The van der Waals surface area contributed by atoms with E-state index in [4.69, 9.17) is 14.2 Å². The third kappa shape index (κ3) is 3.10. The van der Waals surface area contributed by atoms with Crippen LogP contribution in [0.2, 0.25) is 0 Å². The Morgan fingerprint density at radius 2 is 1.95 bits per heavy atom. The molecule has 2 atom stereocenters. The number of piperidine rings is 1. The number of methoxy groups -OCH3 is 1.